The Morgan fingerprint density at radius 3 is 1.13 bits per heavy atom. The zero-order chi connectivity index (χ0) is 74.9. The predicted octanol–water partition coefficient (Wildman–Crippen LogP) is 28.4. The molecule has 0 fully saturated rings. The summed E-state index contributed by atoms with van der Waals surface area (Å²) in [6, 6.07) is 134. The minimum atomic E-state index is 0.647. The Hall–Kier alpha value is -14.3. The van der Waals surface area contributed by atoms with Crippen molar-refractivity contribution in [2.45, 2.75) is 0 Å². The highest BCUT2D eigenvalue weighted by Crippen LogP contribution is 2.49. The minimum Gasteiger partial charge on any atom is -0.309 e. The molecule has 11 heteroatoms. The summed E-state index contributed by atoms with van der Waals surface area (Å²) in [6.45, 7) is 0. The third-order valence-corrected chi connectivity index (χ3v) is 26.0. The molecule has 0 aliphatic carbocycles. The van der Waals surface area contributed by atoms with Gasteiger partial charge in [-0.25, -0.2) is 24.9 Å². The van der Waals surface area contributed by atoms with E-state index in [1.807, 2.05) is 71.2 Å². The first-order valence-corrected chi connectivity index (χ1v) is 40.7. The monoisotopic (exact) mass is 1510 g/mol. The smallest absolute Gasteiger partial charge is 0.165 e. The van der Waals surface area contributed by atoms with Crippen LogP contribution in [0.4, 0.5) is 0 Å². The Labute approximate surface area is 666 Å². The average molecular weight is 1510 g/mol. The van der Waals surface area contributed by atoms with Gasteiger partial charge in [-0.3, -0.25) is 0 Å². The lowest BCUT2D eigenvalue weighted by Gasteiger charge is -2.13. The van der Waals surface area contributed by atoms with Crippen molar-refractivity contribution in [3.63, 3.8) is 0 Å². The molecule has 8 nitrogen and oxygen atoms in total. The van der Waals surface area contributed by atoms with Gasteiger partial charge in [0.1, 0.15) is 0 Å². The summed E-state index contributed by atoms with van der Waals surface area (Å²) in [5.74, 6) is 2.67. The summed E-state index contributed by atoms with van der Waals surface area (Å²) in [5, 5.41) is 14.9. The molecule has 0 atom stereocenters. The van der Waals surface area contributed by atoms with Gasteiger partial charge in [-0.2, -0.15) is 0 Å². The minimum absolute atomic E-state index is 0.647. The molecule has 0 saturated carbocycles. The lowest BCUT2D eigenvalue weighted by Crippen LogP contribution is -2.00. The molecule has 16 aromatic carbocycles. The standard InChI is InChI=1S/C57H35N5S.C46H27N3S2/c1-5-17-36(18-6-1)55-58-56(37-19-7-2-8-20-37)60-57(59-55)48-33-39(32-47-43-26-14-16-28-53(43)63-54(47)48)38-29-30-50-44(31-38)46-34-45-42-25-13-15-27-49(42)61(40-21-9-3-10-22-40)51(45)35-52(46)62(50)41-23-11-4-12-24-41;1-3-13-28(14-4-1)37-27-38(29-15-5-2-6-16-29)48-46(47-37)36-26-30(25-35-32-18-9-12-22-42(32)50-44(35)36)49-39-20-10-7-19-34(39)43-40(49)24-23-33-31-17-8-11-21-41(31)51-45(33)43/h1-35H;1-27H. The van der Waals surface area contributed by atoms with E-state index in [4.69, 9.17) is 24.9 Å². The lowest BCUT2D eigenvalue weighted by atomic mass is 9.97. The van der Waals surface area contributed by atoms with Crippen LogP contribution in [0, 0.1) is 0 Å². The van der Waals surface area contributed by atoms with Gasteiger partial charge in [0.05, 0.1) is 44.5 Å². The SMILES string of the molecule is c1ccc(-c2cc(-c3ccccc3)nc(-c3cc(-n4c5ccccc5c5c6sc7ccccc7c6ccc54)cc4c3sc3ccccc34)n2)cc1.c1ccc(-c2nc(-c3ccccc3)nc(-c3cc(-c4ccc5c(c4)c4cc6c7ccccc7n(-c7ccccc7)c6cc4n5-c4ccccc4)cc4c3sc3ccccc34)n2)cc1. The molecular formula is C103H62N8S3. The number of nitrogens with zero attached hydrogens (tertiary/aromatic N) is 8. The summed E-state index contributed by atoms with van der Waals surface area (Å²) in [5.41, 5.74) is 20.5. The first-order valence-electron chi connectivity index (χ1n) is 38.3. The summed E-state index contributed by atoms with van der Waals surface area (Å²) in [7, 11) is 0. The van der Waals surface area contributed by atoms with Crippen LogP contribution in [-0.4, -0.2) is 38.6 Å². The molecule has 532 valence electrons. The van der Waals surface area contributed by atoms with Crippen molar-refractivity contribution >= 4 is 160 Å². The molecule has 0 amide bonds. The first kappa shape index (κ1) is 65.5. The third-order valence-electron chi connectivity index (χ3n) is 22.3. The van der Waals surface area contributed by atoms with E-state index in [-0.39, 0.29) is 0 Å². The van der Waals surface area contributed by atoms with E-state index in [1.54, 1.807) is 11.3 Å². The maximum absolute atomic E-state index is 5.32. The van der Waals surface area contributed by atoms with Crippen molar-refractivity contribution in [1.82, 2.24) is 38.6 Å². The molecule has 0 unspecified atom stereocenters. The summed E-state index contributed by atoms with van der Waals surface area (Å²) in [6.07, 6.45) is 0. The maximum atomic E-state index is 5.32. The summed E-state index contributed by atoms with van der Waals surface area (Å²) in [4.78, 5) is 26.1. The fraction of sp³-hybridized carbons (Fsp3) is 0. The second-order valence-electron chi connectivity index (χ2n) is 29.0. The number of hydrogen-bond donors (Lipinski definition) is 0. The van der Waals surface area contributed by atoms with E-state index in [9.17, 15) is 0 Å². The summed E-state index contributed by atoms with van der Waals surface area (Å²) < 4.78 is 14.7. The average Bonchev–Trinajstić information content (AvgIpc) is 1.56. The van der Waals surface area contributed by atoms with Crippen LogP contribution in [0.15, 0.2) is 376 Å². The van der Waals surface area contributed by atoms with Gasteiger partial charge < -0.3 is 13.7 Å². The van der Waals surface area contributed by atoms with Crippen molar-refractivity contribution in [2.75, 3.05) is 0 Å². The lowest BCUT2D eigenvalue weighted by molar-refractivity contribution is 1.08. The highest BCUT2D eigenvalue weighted by molar-refractivity contribution is 7.27. The topological polar surface area (TPSA) is 79.2 Å². The van der Waals surface area contributed by atoms with Gasteiger partial charge in [-0.1, -0.05) is 261 Å². The molecule has 114 heavy (non-hydrogen) atoms. The number of thiophene rings is 3. The number of fused-ring (bicyclic) bond motifs is 19. The van der Waals surface area contributed by atoms with Crippen LogP contribution in [0.25, 0.3) is 222 Å². The highest BCUT2D eigenvalue weighted by Gasteiger charge is 2.26. The quantitative estimate of drug-likeness (QED) is 0.136. The Balaban J connectivity index is 0.000000138. The molecule has 8 aromatic heterocycles. The normalized spacial score (nSPS) is 11.9. The van der Waals surface area contributed by atoms with Crippen LogP contribution >= 0.6 is 34.0 Å². The number of benzene rings is 16. The Bertz CT molecular complexity index is 7850. The number of rotatable bonds is 10. The highest BCUT2D eigenvalue weighted by atomic mass is 32.1. The van der Waals surface area contributed by atoms with Crippen LogP contribution in [0.3, 0.4) is 0 Å². The van der Waals surface area contributed by atoms with Crippen LogP contribution < -0.4 is 0 Å². The van der Waals surface area contributed by atoms with Crippen molar-refractivity contribution in [3.8, 4) is 96.3 Å². The van der Waals surface area contributed by atoms with Crippen molar-refractivity contribution in [1.29, 1.82) is 0 Å². The molecule has 0 aliphatic heterocycles. The molecule has 0 aliphatic rings. The molecular weight excluding hydrogens is 1450 g/mol. The molecule has 24 aromatic rings. The van der Waals surface area contributed by atoms with Gasteiger partial charge in [0.15, 0.2) is 23.3 Å². The zero-order valence-corrected chi connectivity index (χ0v) is 63.5. The fourth-order valence-electron chi connectivity index (χ4n) is 17.2. The van der Waals surface area contributed by atoms with Gasteiger partial charge in [-0.15, -0.1) is 34.0 Å². The summed E-state index contributed by atoms with van der Waals surface area (Å²) >= 11 is 5.50. The van der Waals surface area contributed by atoms with Gasteiger partial charge >= 0.3 is 0 Å². The number of aromatic nitrogens is 8. The Kier molecular flexibility index (Phi) is 15.4. The van der Waals surface area contributed by atoms with E-state index in [0.29, 0.717) is 17.5 Å². The van der Waals surface area contributed by atoms with E-state index in [1.165, 1.54) is 110 Å². The molecule has 0 N–H and O–H groups in total. The molecule has 24 rings (SSSR count). The van der Waals surface area contributed by atoms with Crippen LogP contribution in [0.2, 0.25) is 0 Å². The number of hydrogen-bond acceptors (Lipinski definition) is 8. The maximum Gasteiger partial charge on any atom is 0.165 e. The molecule has 8 heterocycles. The molecule has 0 radical (unpaired) electrons. The molecule has 0 bridgehead atoms. The van der Waals surface area contributed by atoms with Gasteiger partial charge in [0.25, 0.3) is 0 Å². The van der Waals surface area contributed by atoms with E-state index in [2.05, 4.69) is 341 Å². The van der Waals surface area contributed by atoms with Crippen molar-refractivity contribution in [2.24, 2.45) is 0 Å². The Morgan fingerprint density at radius 1 is 0.184 bits per heavy atom. The Morgan fingerprint density at radius 2 is 0.570 bits per heavy atom. The fourth-order valence-corrected chi connectivity index (χ4v) is 20.8. The second kappa shape index (κ2) is 26.7. The van der Waals surface area contributed by atoms with Crippen LogP contribution in [0.1, 0.15) is 0 Å². The first-order chi connectivity index (χ1) is 56.5. The van der Waals surface area contributed by atoms with Crippen LogP contribution in [0.5, 0.6) is 0 Å². The van der Waals surface area contributed by atoms with Crippen molar-refractivity contribution in [3.05, 3.63) is 376 Å². The van der Waals surface area contributed by atoms with E-state index < -0.39 is 0 Å². The molecule has 0 saturated heterocycles. The van der Waals surface area contributed by atoms with E-state index >= 15 is 0 Å². The predicted molar refractivity (Wildman–Crippen MR) is 482 cm³/mol. The van der Waals surface area contributed by atoms with Gasteiger partial charge in [-0.05, 0) is 126 Å². The van der Waals surface area contributed by atoms with Crippen LogP contribution in [-0.2, 0) is 0 Å². The van der Waals surface area contributed by atoms with Gasteiger partial charge in [0, 0.05) is 143 Å². The number of para-hydroxylation sites is 4. The third kappa shape index (κ3) is 10.8. The second-order valence-corrected chi connectivity index (χ2v) is 32.1. The van der Waals surface area contributed by atoms with E-state index in [0.717, 1.165) is 94.5 Å². The zero-order valence-electron chi connectivity index (χ0n) is 61.1. The largest absolute Gasteiger partial charge is 0.309 e. The molecule has 0 spiro atoms. The van der Waals surface area contributed by atoms with Crippen molar-refractivity contribution < 1.29 is 0 Å². The van der Waals surface area contributed by atoms with Gasteiger partial charge in [0.2, 0.25) is 0 Å².